The number of carbonyl (C=O) groups is 1. The van der Waals surface area contributed by atoms with Gasteiger partial charge >= 0.3 is 6.18 Å². The Morgan fingerprint density at radius 2 is 2.06 bits per heavy atom. The molecule has 3 nitrogen and oxygen atoms in total. The first kappa shape index (κ1) is 16.7. The molecule has 0 heterocycles. The van der Waals surface area contributed by atoms with Gasteiger partial charge in [0.15, 0.2) is 0 Å². The first-order valence-corrected chi connectivity index (χ1v) is 5.00. The number of nitrogens with two attached hydrogens (primary N) is 1. The molecule has 18 heavy (non-hydrogen) atoms. The van der Waals surface area contributed by atoms with Crippen LogP contribution in [0.25, 0.3) is 0 Å². The zero-order chi connectivity index (χ0) is 13.1. The molecule has 102 valence electrons. The van der Waals surface area contributed by atoms with Gasteiger partial charge in [-0.15, -0.1) is 12.4 Å². The normalized spacial score (nSPS) is 12.5. The molecule has 0 saturated carbocycles. The Morgan fingerprint density at radius 1 is 1.44 bits per heavy atom. The van der Waals surface area contributed by atoms with Crippen molar-refractivity contribution in [2.24, 2.45) is 5.73 Å². The molecule has 0 aromatic heterocycles. The highest BCUT2D eigenvalue weighted by Gasteiger charge is 2.30. The standard InChI is InChI=1S/C11H13F3N2O.ClH/c1-7(15)10(17)16-6-8-3-2-4-9(5-8)11(12,13)14;/h2-5,7H,6,15H2,1H3,(H,16,17);1H/t7-;/m1./s1. The molecule has 1 rings (SSSR count). The topological polar surface area (TPSA) is 55.1 Å². The van der Waals surface area contributed by atoms with E-state index < -0.39 is 23.7 Å². The number of rotatable bonds is 3. The Morgan fingerprint density at radius 3 is 2.56 bits per heavy atom. The largest absolute Gasteiger partial charge is 0.416 e. The van der Waals surface area contributed by atoms with Gasteiger partial charge in [-0.1, -0.05) is 12.1 Å². The number of hydrogen-bond donors (Lipinski definition) is 2. The van der Waals surface area contributed by atoms with E-state index >= 15 is 0 Å². The number of carbonyl (C=O) groups excluding carboxylic acids is 1. The molecule has 1 amide bonds. The van der Waals surface area contributed by atoms with E-state index in [0.29, 0.717) is 5.56 Å². The number of halogens is 4. The minimum atomic E-state index is -4.37. The van der Waals surface area contributed by atoms with Gasteiger partial charge in [-0.3, -0.25) is 4.79 Å². The van der Waals surface area contributed by atoms with Crippen LogP contribution in [0.15, 0.2) is 24.3 Å². The number of amides is 1. The van der Waals surface area contributed by atoms with Gasteiger partial charge in [0.1, 0.15) is 0 Å². The summed E-state index contributed by atoms with van der Waals surface area (Å²) in [5, 5.41) is 2.45. The molecule has 1 aromatic rings. The number of nitrogens with one attached hydrogen (secondary N) is 1. The Bertz CT molecular complexity index is 408. The minimum Gasteiger partial charge on any atom is -0.351 e. The van der Waals surface area contributed by atoms with Crippen molar-refractivity contribution in [2.75, 3.05) is 0 Å². The zero-order valence-corrected chi connectivity index (χ0v) is 10.4. The smallest absolute Gasteiger partial charge is 0.351 e. The maximum absolute atomic E-state index is 12.4. The Kier molecular flexibility index (Phi) is 6.14. The summed E-state index contributed by atoms with van der Waals surface area (Å²) in [5.41, 5.74) is 4.96. The molecule has 0 radical (unpaired) electrons. The third kappa shape index (κ3) is 4.93. The third-order valence-corrected chi connectivity index (χ3v) is 2.13. The van der Waals surface area contributed by atoms with Crippen molar-refractivity contribution < 1.29 is 18.0 Å². The lowest BCUT2D eigenvalue weighted by atomic mass is 10.1. The van der Waals surface area contributed by atoms with Gasteiger partial charge in [-0.05, 0) is 24.6 Å². The summed E-state index contributed by atoms with van der Waals surface area (Å²) in [7, 11) is 0. The van der Waals surface area contributed by atoms with Crippen molar-refractivity contribution in [3.63, 3.8) is 0 Å². The van der Waals surface area contributed by atoms with Crippen LogP contribution in [0.5, 0.6) is 0 Å². The van der Waals surface area contributed by atoms with Crippen LogP contribution in [-0.4, -0.2) is 11.9 Å². The number of benzene rings is 1. The lowest BCUT2D eigenvalue weighted by Crippen LogP contribution is -2.37. The summed E-state index contributed by atoms with van der Waals surface area (Å²) in [6.45, 7) is 1.53. The van der Waals surface area contributed by atoms with Gasteiger partial charge < -0.3 is 11.1 Å². The van der Waals surface area contributed by atoms with Gasteiger partial charge in [0.25, 0.3) is 0 Å². The molecule has 0 aliphatic rings. The average molecular weight is 283 g/mol. The van der Waals surface area contributed by atoms with Crippen molar-refractivity contribution in [1.29, 1.82) is 0 Å². The molecule has 0 aliphatic carbocycles. The van der Waals surface area contributed by atoms with Gasteiger partial charge in [0, 0.05) is 6.54 Å². The van der Waals surface area contributed by atoms with E-state index in [1.807, 2.05) is 0 Å². The summed E-state index contributed by atoms with van der Waals surface area (Å²) < 4.78 is 37.2. The van der Waals surface area contributed by atoms with Crippen molar-refractivity contribution in [3.05, 3.63) is 35.4 Å². The van der Waals surface area contributed by atoms with Gasteiger partial charge in [-0.2, -0.15) is 13.2 Å². The summed E-state index contributed by atoms with van der Waals surface area (Å²) >= 11 is 0. The maximum atomic E-state index is 12.4. The van der Waals surface area contributed by atoms with Crippen molar-refractivity contribution >= 4 is 18.3 Å². The van der Waals surface area contributed by atoms with Crippen LogP contribution in [0, 0.1) is 0 Å². The van der Waals surface area contributed by atoms with E-state index in [-0.39, 0.29) is 19.0 Å². The van der Waals surface area contributed by atoms with Crippen LogP contribution in [0.3, 0.4) is 0 Å². The molecule has 7 heteroatoms. The lowest BCUT2D eigenvalue weighted by Gasteiger charge is -2.10. The van der Waals surface area contributed by atoms with Gasteiger partial charge in [0.05, 0.1) is 11.6 Å². The van der Waals surface area contributed by atoms with Crippen LogP contribution in [0.2, 0.25) is 0 Å². The quantitative estimate of drug-likeness (QED) is 0.892. The van der Waals surface area contributed by atoms with Gasteiger partial charge in [0.2, 0.25) is 5.91 Å². The fraction of sp³-hybridized carbons (Fsp3) is 0.364. The Hall–Kier alpha value is -1.27. The van der Waals surface area contributed by atoms with E-state index in [4.69, 9.17) is 5.73 Å². The molecule has 0 saturated heterocycles. The average Bonchev–Trinajstić information content (AvgIpc) is 2.25. The SMILES string of the molecule is C[C@@H](N)C(=O)NCc1cccc(C(F)(F)F)c1.Cl. The second-order valence-corrected chi connectivity index (χ2v) is 3.70. The van der Waals surface area contributed by atoms with E-state index in [1.165, 1.54) is 19.1 Å². The highest BCUT2D eigenvalue weighted by atomic mass is 35.5. The van der Waals surface area contributed by atoms with E-state index in [0.717, 1.165) is 12.1 Å². The van der Waals surface area contributed by atoms with Crippen molar-refractivity contribution in [3.8, 4) is 0 Å². The van der Waals surface area contributed by atoms with Crippen LogP contribution in [-0.2, 0) is 17.5 Å². The Balaban J connectivity index is 0.00000289. The van der Waals surface area contributed by atoms with E-state index in [1.54, 1.807) is 0 Å². The molecular weight excluding hydrogens is 269 g/mol. The molecular formula is C11H14ClF3N2O. The molecule has 1 aromatic carbocycles. The second kappa shape index (κ2) is 6.61. The molecule has 0 spiro atoms. The number of hydrogen-bond acceptors (Lipinski definition) is 2. The van der Waals surface area contributed by atoms with Gasteiger partial charge in [-0.25, -0.2) is 0 Å². The highest BCUT2D eigenvalue weighted by Crippen LogP contribution is 2.29. The molecule has 0 unspecified atom stereocenters. The zero-order valence-electron chi connectivity index (χ0n) is 9.62. The van der Waals surface area contributed by atoms with Crippen LogP contribution in [0.1, 0.15) is 18.1 Å². The fourth-order valence-corrected chi connectivity index (χ4v) is 1.21. The number of alkyl halides is 3. The highest BCUT2D eigenvalue weighted by molar-refractivity contribution is 5.85. The minimum absolute atomic E-state index is 0. The Labute approximate surface area is 109 Å². The predicted octanol–water partition coefficient (Wildman–Crippen LogP) is 2.09. The van der Waals surface area contributed by atoms with E-state index in [9.17, 15) is 18.0 Å². The van der Waals surface area contributed by atoms with Crippen LogP contribution >= 0.6 is 12.4 Å². The van der Waals surface area contributed by atoms with Crippen LogP contribution < -0.4 is 11.1 Å². The molecule has 1 atom stereocenters. The first-order chi connectivity index (χ1) is 7.80. The monoisotopic (exact) mass is 282 g/mol. The summed E-state index contributed by atoms with van der Waals surface area (Å²) in [6, 6.07) is 4.12. The maximum Gasteiger partial charge on any atom is 0.416 e. The summed E-state index contributed by atoms with van der Waals surface area (Å²) in [6.07, 6.45) is -4.37. The molecule has 3 N–H and O–H groups in total. The first-order valence-electron chi connectivity index (χ1n) is 5.00. The predicted molar refractivity (Wildman–Crippen MR) is 64.2 cm³/mol. The van der Waals surface area contributed by atoms with E-state index in [2.05, 4.69) is 5.32 Å². The third-order valence-electron chi connectivity index (χ3n) is 2.13. The lowest BCUT2D eigenvalue weighted by molar-refractivity contribution is -0.137. The molecule has 0 fully saturated rings. The second-order valence-electron chi connectivity index (χ2n) is 3.70. The fourth-order valence-electron chi connectivity index (χ4n) is 1.21. The van der Waals surface area contributed by atoms with Crippen LogP contribution in [0.4, 0.5) is 13.2 Å². The molecule has 0 aliphatic heterocycles. The summed E-state index contributed by atoms with van der Waals surface area (Å²) in [4.78, 5) is 11.1. The van der Waals surface area contributed by atoms with Crippen molar-refractivity contribution in [2.45, 2.75) is 25.7 Å². The molecule has 0 bridgehead atoms. The van der Waals surface area contributed by atoms with Crippen molar-refractivity contribution in [1.82, 2.24) is 5.32 Å². The summed E-state index contributed by atoms with van der Waals surface area (Å²) in [5.74, 6) is -0.401.